The first-order valence-electron chi connectivity index (χ1n) is 6.37. The van der Waals surface area contributed by atoms with Gasteiger partial charge in [0, 0.05) is 6.54 Å². The molecule has 7 heteroatoms. The molecule has 0 radical (unpaired) electrons. The smallest absolute Gasteiger partial charge is 0.224 e. The summed E-state index contributed by atoms with van der Waals surface area (Å²) < 4.78 is 13.1. The third-order valence-corrected chi connectivity index (χ3v) is 2.91. The Morgan fingerprint density at radius 2 is 2.24 bits per heavy atom. The monoisotopic (exact) mass is 305 g/mol. The van der Waals surface area contributed by atoms with Gasteiger partial charge >= 0.3 is 0 Å². The highest BCUT2D eigenvalue weighted by molar-refractivity contribution is 6.32. The minimum atomic E-state index is -0.476. The second-order valence-electron chi connectivity index (χ2n) is 4.24. The maximum atomic E-state index is 13.1. The van der Waals surface area contributed by atoms with Crippen molar-refractivity contribution in [2.75, 3.05) is 17.2 Å². The molecule has 2 N–H and O–H groups in total. The van der Waals surface area contributed by atoms with E-state index in [9.17, 15) is 4.39 Å². The van der Waals surface area contributed by atoms with Gasteiger partial charge in [-0.2, -0.15) is 10.2 Å². The van der Waals surface area contributed by atoms with Crippen molar-refractivity contribution in [2.24, 2.45) is 0 Å². The number of aromatic nitrogens is 2. The molecule has 1 aromatic heterocycles. The van der Waals surface area contributed by atoms with E-state index in [1.165, 1.54) is 18.3 Å². The van der Waals surface area contributed by atoms with E-state index in [1.54, 1.807) is 0 Å². The predicted molar refractivity (Wildman–Crippen MR) is 80.2 cm³/mol. The van der Waals surface area contributed by atoms with Gasteiger partial charge in [-0.1, -0.05) is 18.5 Å². The summed E-state index contributed by atoms with van der Waals surface area (Å²) in [6.07, 6.45) is 2.40. The van der Waals surface area contributed by atoms with E-state index in [-0.39, 0.29) is 5.56 Å². The molecule has 108 valence electrons. The van der Waals surface area contributed by atoms with Gasteiger partial charge in [0.15, 0.2) is 5.82 Å². The average molecular weight is 306 g/mol. The van der Waals surface area contributed by atoms with Gasteiger partial charge in [-0.05, 0) is 24.6 Å². The van der Waals surface area contributed by atoms with Gasteiger partial charge in [0.25, 0.3) is 0 Å². The van der Waals surface area contributed by atoms with Crippen LogP contribution in [0.5, 0.6) is 0 Å². The lowest BCUT2D eigenvalue weighted by atomic mass is 10.2. The number of hydrogen-bond donors (Lipinski definition) is 2. The van der Waals surface area contributed by atoms with Crippen LogP contribution >= 0.6 is 11.6 Å². The van der Waals surface area contributed by atoms with Crippen LogP contribution in [0.3, 0.4) is 0 Å². The molecule has 0 atom stereocenters. The maximum absolute atomic E-state index is 13.1. The number of nitrogens with zero attached hydrogens (tertiary/aromatic N) is 3. The predicted octanol–water partition coefficient (Wildman–Crippen LogP) is 3.71. The number of anilines is 3. The van der Waals surface area contributed by atoms with Crippen molar-refractivity contribution < 1.29 is 4.39 Å². The molecule has 0 spiro atoms. The van der Waals surface area contributed by atoms with Gasteiger partial charge in [0.05, 0.1) is 17.4 Å². The second kappa shape index (κ2) is 6.86. The zero-order chi connectivity index (χ0) is 15.2. The molecule has 0 saturated heterocycles. The van der Waals surface area contributed by atoms with E-state index in [4.69, 9.17) is 16.9 Å². The first-order valence-corrected chi connectivity index (χ1v) is 6.75. The van der Waals surface area contributed by atoms with Gasteiger partial charge in [0.1, 0.15) is 16.9 Å². The summed E-state index contributed by atoms with van der Waals surface area (Å²) in [6.45, 7) is 2.76. The fourth-order valence-corrected chi connectivity index (χ4v) is 1.76. The number of nitrogens with one attached hydrogen (secondary N) is 2. The van der Waals surface area contributed by atoms with Crippen LogP contribution < -0.4 is 10.6 Å². The minimum Gasteiger partial charge on any atom is -0.354 e. The summed E-state index contributed by atoms with van der Waals surface area (Å²) in [5.74, 6) is 0.314. The van der Waals surface area contributed by atoms with E-state index in [0.717, 1.165) is 19.0 Å². The van der Waals surface area contributed by atoms with Crippen molar-refractivity contribution in [3.8, 4) is 6.07 Å². The Bertz CT molecular complexity index is 684. The average Bonchev–Trinajstić information content (AvgIpc) is 2.49. The van der Waals surface area contributed by atoms with Crippen LogP contribution in [0.2, 0.25) is 5.02 Å². The molecule has 5 nitrogen and oxygen atoms in total. The molecule has 0 saturated carbocycles. The van der Waals surface area contributed by atoms with Crippen LogP contribution in [-0.4, -0.2) is 16.5 Å². The Morgan fingerprint density at radius 3 is 2.95 bits per heavy atom. The van der Waals surface area contributed by atoms with Crippen LogP contribution in [-0.2, 0) is 0 Å². The number of nitriles is 1. The van der Waals surface area contributed by atoms with Crippen LogP contribution in [0.25, 0.3) is 0 Å². The lowest BCUT2D eigenvalue weighted by Gasteiger charge is -2.10. The third kappa shape index (κ3) is 3.80. The van der Waals surface area contributed by atoms with E-state index in [2.05, 4.69) is 20.6 Å². The minimum absolute atomic E-state index is 0.174. The second-order valence-corrected chi connectivity index (χ2v) is 4.65. The summed E-state index contributed by atoms with van der Waals surface area (Å²) in [6, 6.07) is 5.79. The Kier molecular flexibility index (Phi) is 4.90. The summed E-state index contributed by atoms with van der Waals surface area (Å²) >= 11 is 6.03. The van der Waals surface area contributed by atoms with Crippen LogP contribution in [0.1, 0.15) is 18.9 Å². The molecule has 0 aliphatic heterocycles. The molecular formula is C14H13ClFN5. The molecule has 0 aliphatic carbocycles. The fourth-order valence-electron chi connectivity index (χ4n) is 1.62. The first-order chi connectivity index (χ1) is 10.1. The van der Waals surface area contributed by atoms with E-state index >= 15 is 0 Å². The molecule has 0 aliphatic rings. The lowest BCUT2D eigenvalue weighted by molar-refractivity contribution is 0.627. The van der Waals surface area contributed by atoms with Gasteiger partial charge in [-0.15, -0.1) is 0 Å². The zero-order valence-electron chi connectivity index (χ0n) is 11.3. The number of benzene rings is 1. The molecule has 0 unspecified atom stereocenters. The maximum Gasteiger partial charge on any atom is 0.224 e. The SMILES string of the molecule is CCCNc1ncc(Cl)c(Nc2ccc(F)cc2C#N)n1. The number of halogens is 2. The Morgan fingerprint density at radius 1 is 1.43 bits per heavy atom. The van der Waals surface area contributed by atoms with Gasteiger partial charge < -0.3 is 10.6 Å². The van der Waals surface area contributed by atoms with E-state index < -0.39 is 5.82 Å². The highest BCUT2D eigenvalue weighted by Crippen LogP contribution is 2.26. The zero-order valence-corrected chi connectivity index (χ0v) is 12.1. The molecule has 1 heterocycles. The largest absolute Gasteiger partial charge is 0.354 e. The molecule has 2 rings (SSSR count). The topological polar surface area (TPSA) is 73.6 Å². The van der Waals surface area contributed by atoms with Crippen LogP contribution in [0.4, 0.5) is 21.8 Å². The summed E-state index contributed by atoms with van der Waals surface area (Å²) in [5.41, 5.74) is 0.605. The Balaban J connectivity index is 2.29. The Labute approximate surface area is 126 Å². The highest BCUT2D eigenvalue weighted by atomic mass is 35.5. The van der Waals surface area contributed by atoms with Gasteiger partial charge in [-0.25, -0.2) is 9.37 Å². The molecule has 21 heavy (non-hydrogen) atoms. The quantitative estimate of drug-likeness (QED) is 0.881. The van der Waals surface area contributed by atoms with E-state index in [0.29, 0.717) is 22.5 Å². The molecule has 2 aromatic rings. The fraction of sp³-hybridized carbons (Fsp3) is 0.214. The normalized spacial score (nSPS) is 10.0. The molecule has 0 amide bonds. The van der Waals surface area contributed by atoms with Gasteiger partial charge in [0.2, 0.25) is 5.95 Å². The first kappa shape index (κ1) is 15.0. The van der Waals surface area contributed by atoms with E-state index in [1.807, 2.05) is 13.0 Å². The van der Waals surface area contributed by atoms with Crippen LogP contribution in [0, 0.1) is 17.1 Å². The van der Waals surface area contributed by atoms with Gasteiger partial charge in [-0.3, -0.25) is 0 Å². The van der Waals surface area contributed by atoms with Crippen molar-refractivity contribution in [1.29, 1.82) is 5.26 Å². The number of rotatable bonds is 5. The highest BCUT2D eigenvalue weighted by Gasteiger charge is 2.09. The lowest BCUT2D eigenvalue weighted by Crippen LogP contribution is -2.06. The molecule has 1 aromatic carbocycles. The summed E-state index contributed by atoms with van der Waals surface area (Å²) in [5, 5.41) is 15.3. The van der Waals surface area contributed by atoms with Crippen molar-refractivity contribution in [1.82, 2.24) is 9.97 Å². The van der Waals surface area contributed by atoms with Crippen molar-refractivity contribution in [3.05, 3.63) is 40.8 Å². The van der Waals surface area contributed by atoms with Crippen LogP contribution in [0.15, 0.2) is 24.4 Å². The molecule has 0 bridgehead atoms. The van der Waals surface area contributed by atoms with Crippen molar-refractivity contribution >= 4 is 29.1 Å². The van der Waals surface area contributed by atoms with Crippen molar-refractivity contribution in [2.45, 2.75) is 13.3 Å². The Hall–Kier alpha value is -2.39. The molecule has 0 fully saturated rings. The third-order valence-electron chi connectivity index (χ3n) is 2.63. The molecular weight excluding hydrogens is 293 g/mol. The number of hydrogen-bond acceptors (Lipinski definition) is 5. The summed E-state index contributed by atoms with van der Waals surface area (Å²) in [7, 11) is 0. The summed E-state index contributed by atoms with van der Waals surface area (Å²) in [4.78, 5) is 8.29. The standard InChI is InChI=1S/C14H13ClFN5/c1-2-5-18-14-19-8-11(15)13(21-14)20-12-4-3-10(16)6-9(12)7-17/h3-4,6,8H,2,5H2,1H3,(H2,18,19,20,21). The van der Waals surface area contributed by atoms with Crippen molar-refractivity contribution in [3.63, 3.8) is 0 Å².